The fourth-order valence-corrected chi connectivity index (χ4v) is 4.07. The number of nitrogens with zero attached hydrogens (tertiary/aromatic N) is 5. The van der Waals surface area contributed by atoms with Gasteiger partial charge in [-0.25, -0.2) is 4.68 Å². The van der Waals surface area contributed by atoms with Crippen LogP contribution in [0.2, 0.25) is 5.02 Å². The number of carbonyl (C=O) groups is 1. The van der Waals surface area contributed by atoms with Crippen LogP contribution in [0.1, 0.15) is 17.5 Å². The van der Waals surface area contributed by atoms with Crippen molar-refractivity contribution >= 4 is 29.0 Å². The maximum absolute atomic E-state index is 12.7. The number of aromatic nitrogens is 2. The van der Waals surface area contributed by atoms with Gasteiger partial charge < -0.3 is 10.2 Å². The molecule has 0 spiro atoms. The van der Waals surface area contributed by atoms with Gasteiger partial charge in [0.15, 0.2) is 0 Å². The van der Waals surface area contributed by atoms with Gasteiger partial charge in [0.2, 0.25) is 5.91 Å². The average molecular weight is 449 g/mol. The van der Waals surface area contributed by atoms with Gasteiger partial charge >= 0.3 is 0 Å². The number of carbonyl (C=O) groups excluding carboxylic acids is 1. The van der Waals surface area contributed by atoms with E-state index in [4.69, 9.17) is 16.9 Å². The molecule has 0 aliphatic carbocycles. The first-order valence-corrected chi connectivity index (χ1v) is 11.0. The van der Waals surface area contributed by atoms with Crippen molar-refractivity contribution in [2.24, 2.45) is 0 Å². The number of benzene rings is 2. The zero-order chi connectivity index (χ0) is 22.3. The molecule has 0 saturated carbocycles. The molecule has 1 aliphatic rings. The molecule has 1 fully saturated rings. The lowest BCUT2D eigenvalue weighted by Gasteiger charge is -2.23. The molecule has 1 saturated heterocycles. The molecule has 0 unspecified atom stereocenters. The Labute approximate surface area is 192 Å². The Hall–Kier alpha value is -3.34. The lowest BCUT2D eigenvalue weighted by Crippen LogP contribution is -2.36. The van der Waals surface area contributed by atoms with E-state index in [1.807, 2.05) is 48.5 Å². The Balaban J connectivity index is 1.32. The Morgan fingerprint density at radius 3 is 2.66 bits per heavy atom. The molecule has 164 valence electrons. The molecule has 1 aliphatic heterocycles. The zero-order valence-corrected chi connectivity index (χ0v) is 18.5. The highest BCUT2D eigenvalue weighted by Crippen LogP contribution is 2.19. The summed E-state index contributed by atoms with van der Waals surface area (Å²) < 4.78 is 1.74. The SMILES string of the molecule is N#Cc1ccc(N2CCCN(CC(=O)Nc3ccnn3Cc3ccccc3Cl)CC2)cc1. The first-order valence-electron chi connectivity index (χ1n) is 10.6. The van der Waals surface area contributed by atoms with Crippen molar-refractivity contribution in [1.29, 1.82) is 5.26 Å². The van der Waals surface area contributed by atoms with E-state index in [9.17, 15) is 4.79 Å². The number of rotatable bonds is 6. The van der Waals surface area contributed by atoms with Crippen molar-refractivity contribution < 1.29 is 4.79 Å². The van der Waals surface area contributed by atoms with Crippen molar-refractivity contribution in [3.05, 3.63) is 76.9 Å². The molecular formula is C24H25ClN6O. The van der Waals surface area contributed by atoms with E-state index in [0.29, 0.717) is 29.5 Å². The molecule has 1 aromatic heterocycles. The van der Waals surface area contributed by atoms with Crippen LogP contribution in [0.3, 0.4) is 0 Å². The molecule has 3 aromatic rings. The van der Waals surface area contributed by atoms with E-state index in [1.165, 1.54) is 0 Å². The van der Waals surface area contributed by atoms with Crippen LogP contribution in [0.5, 0.6) is 0 Å². The molecule has 32 heavy (non-hydrogen) atoms. The second-order valence-corrected chi connectivity index (χ2v) is 8.20. The van der Waals surface area contributed by atoms with Crippen LogP contribution in [0.4, 0.5) is 11.5 Å². The minimum atomic E-state index is -0.0577. The van der Waals surface area contributed by atoms with Crippen LogP contribution in [0, 0.1) is 11.3 Å². The average Bonchev–Trinajstić information content (AvgIpc) is 3.09. The summed E-state index contributed by atoms with van der Waals surface area (Å²) in [6.07, 6.45) is 2.64. The third kappa shape index (κ3) is 5.47. The van der Waals surface area contributed by atoms with Crippen molar-refractivity contribution in [3.63, 3.8) is 0 Å². The third-order valence-electron chi connectivity index (χ3n) is 5.58. The summed E-state index contributed by atoms with van der Waals surface area (Å²) in [6, 6.07) is 19.2. The maximum atomic E-state index is 12.7. The predicted molar refractivity (Wildman–Crippen MR) is 126 cm³/mol. The largest absolute Gasteiger partial charge is 0.370 e. The van der Waals surface area contributed by atoms with Crippen LogP contribution < -0.4 is 10.2 Å². The summed E-state index contributed by atoms with van der Waals surface area (Å²) >= 11 is 6.26. The maximum Gasteiger partial charge on any atom is 0.239 e. The monoisotopic (exact) mass is 448 g/mol. The molecule has 1 amide bonds. The molecule has 0 radical (unpaired) electrons. The van der Waals surface area contributed by atoms with Gasteiger partial charge in [0.05, 0.1) is 30.9 Å². The molecule has 2 aromatic carbocycles. The second-order valence-electron chi connectivity index (χ2n) is 7.79. The molecule has 2 heterocycles. The number of hydrogen-bond donors (Lipinski definition) is 1. The van der Waals surface area contributed by atoms with E-state index in [1.54, 1.807) is 16.9 Å². The Morgan fingerprint density at radius 1 is 1.06 bits per heavy atom. The van der Waals surface area contributed by atoms with E-state index < -0.39 is 0 Å². The van der Waals surface area contributed by atoms with Crippen molar-refractivity contribution in [2.75, 3.05) is 42.9 Å². The molecule has 4 rings (SSSR count). The van der Waals surface area contributed by atoms with Crippen LogP contribution >= 0.6 is 11.6 Å². The number of anilines is 2. The lowest BCUT2D eigenvalue weighted by atomic mass is 10.2. The summed E-state index contributed by atoms with van der Waals surface area (Å²) in [6.45, 7) is 4.24. The molecule has 0 bridgehead atoms. The number of hydrogen-bond acceptors (Lipinski definition) is 5. The van der Waals surface area contributed by atoms with Crippen molar-refractivity contribution in [1.82, 2.24) is 14.7 Å². The highest BCUT2D eigenvalue weighted by atomic mass is 35.5. The second kappa shape index (κ2) is 10.3. The summed E-state index contributed by atoms with van der Waals surface area (Å²) in [4.78, 5) is 17.2. The van der Waals surface area contributed by atoms with Gasteiger partial charge in [0.25, 0.3) is 0 Å². The third-order valence-corrected chi connectivity index (χ3v) is 5.95. The Kier molecular flexibility index (Phi) is 7.05. The first-order chi connectivity index (χ1) is 15.6. The highest BCUT2D eigenvalue weighted by Gasteiger charge is 2.18. The standard InChI is InChI=1S/C24H25ClN6O/c25-22-5-2-1-4-20(22)17-31-23(10-11-27-31)28-24(32)18-29-12-3-13-30(15-14-29)21-8-6-19(16-26)7-9-21/h1-2,4-11H,3,12-15,17-18H2,(H,28,32). The minimum absolute atomic E-state index is 0.0577. The van der Waals surface area contributed by atoms with Crippen LogP contribution in [0.25, 0.3) is 0 Å². The Bertz CT molecular complexity index is 1100. The van der Waals surface area contributed by atoms with E-state index in [0.717, 1.165) is 43.9 Å². The number of halogens is 1. The normalized spacial score (nSPS) is 14.6. The Morgan fingerprint density at radius 2 is 1.88 bits per heavy atom. The quantitative estimate of drug-likeness (QED) is 0.623. The number of amides is 1. The van der Waals surface area contributed by atoms with Crippen LogP contribution in [0.15, 0.2) is 60.8 Å². The van der Waals surface area contributed by atoms with E-state index >= 15 is 0 Å². The fraction of sp³-hybridized carbons (Fsp3) is 0.292. The summed E-state index contributed by atoms with van der Waals surface area (Å²) in [7, 11) is 0. The molecule has 7 nitrogen and oxygen atoms in total. The summed E-state index contributed by atoms with van der Waals surface area (Å²) in [5.41, 5.74) is 2.72. The summed E-state index contributed by atoms with van der Waals surface area (Å²) in [5, 5.41) is 17.0. The lowest BCUT2D eigenvalue weighted by molar-refractivity contribution is -0.117. The molecule has 1 N–H and O–H groups in total. The zero-order valence-electron chi connectivity index (χ0n) is 17.7. The smallest absolute Gasteiger partial charge is 0.239 e. The van der Waals surface area contributed by atoms with Gasteiger partial charge in [0, 0.05) is 43.0 Å². The fourth-order valence-electron chi connectivity index (χ4n) is 3.87. The number of nitrogens with one attached hydrogen (secondary N) is 1. The van der Waals surface area contributed by atoms with Crippen LogP contribution in [-0.4, -0.2) is 53.3 Å². The van der Waals surface area contributed by atoms with Crippen LogP contribution in [-0.2, 0) is 11.3 Å². The van der Waals surface area contributed by atoms with Gasteiger partial charge in [-0.15, -0.1) is 0 Å². The molecular weight excluding hydrogens is 424 g/mol. The predicted octanol–water partition coefficient (Wildman–Crippen LogP) is 3.61. The minimum Gasteiger partial charge on any atom is -0.370 e. The van der Waals surface area contributed by atoms with E-state index in [2.05, 4.69) is 26.3 Å². The topological polar surface area (TPSA) is 77.2 Å². The van der Waals surface area contributed by atoms with Gasteiger partial charge in [0.1, 0.15) is 5.82 Å². The first kappa shape index (κ1) is 21.9. The van der Waals surface area contributed by atoms with Gasteiger partial charge in [-0.1, -0.05) is 29.8 Å². The number of nitriles is 1. The van der Waals surface area contributed by atoms with Crippen molar-refractivity contribution in [2.45, 2.75) is 13.0 Å². The molecule has 8 heteroatoms. The summed E-state index contributed by atoms with van der Waals surface area (Å²) in [5.74, 6) is 0.599. The van der Waals surface area contributed by atoms with E-state index in [-0.39, 0.29) is 5.91 Å². The van der Waals surface area contributed by atoms with Gasteiger partial charge in [-0.2, -0.15) is 10.4 Å². The highest BCUT2D eigenvalue weighted by molar-refractivity contribution is 6.31. The van der Waals surface area contributed by atoms with Crippen molar-refractivity contribution in [3.8, 4) is 6.07 Å². The van der Waals surface area contributed by atoms with Gasteiger partial charge in [-0.05, 0) is 42.3 Å². The van der Waals surface area contributed by atoms with Gasteiger partial charge in [-0.3, -0.25) is 9.69 Å². The molecule has 0 atom stereocenters.